The van der Waals surface area contributed by atoms with Crippen LogP contribution in [-0.4, -0.2) is 15.7 Å². The maximum atomic E-state index is 10.3. The molecule has 0 aromatic carbocycles. The molecule has 1 rings (SSSR count). The van der Waals surface area contributed by atoms with Crippen LogP contribution < -0.4 is 0 Å². The molecule has 0 aliphatic carbocycles. The van der Waals surface area contributed by atoms with E-state index in [0.717, 1.165) is 5.56 Å². The van der Waals surface area contributed by atoms with Crippen molar-refractivity contribution in [1.29, 1.82) is 0 Å². The van der Waals surface area contributed by atoms with E-state index < -0.39 is 5.60 Å². The van der Waals surface area contributed by atoms with Gasteiger partial charge in [0, 0.05) is 18.8 Å². The number of aliphatic hydroxyl groups is 1. The molecule has 0 saturated heterocycles. The van der Waals surface area contributed by atoms with Crippen molar-refractivity contribution >= 4 is 11.6 Å². The molecule has 0 amide bonds. The summed E-state index contributed by atoms with van der Waals surface area (Å²) in [4.78, 5) is 3.92. The summed E-state index contributed by atoms with van der Waals surface area (Å²) < 4.78 is 0. The fraction of sp³-hybridized carbons (Fsp3) is 0.583. The van der Waals surface area contributed by atoms with Gasteiger partial charge < -0.3 is 5.11 Å². The first-order chi connectivity index (χ1) is 6.74. The number of halogens is 1. The first-order valence-corrected chi connectivity index (χ1v) is 5.42. The lowest BCUT2D eigenvalue weighted by atomic mass is 9.74. The van der Waals surface area contributed by atoms with Crippen LogP contribution >= 0.6 is 11.6 Å². The van der Waals surface area contributed by atoms with Crippen LogP contribution in [-0.2, 0) is 6.42 Å². The Balaban J connectivity index is 2.92. The molecule has 84 valence electrons. The van der Waals surface area contributed by atoms with Gasteiger partial charge in [-0.25, -0.2) is 0 Å². The van der Waals surface area contributed by atoms with Gasteiger partial charge >= 0.3 is 0 Å². The smallest absolute Gasteiger partial charge is 0.0708 e. The van der Waals surface area contributed by atoms with E-state index in [9.17, 15) is 5.11 Å². The van der Waals surface area contributed by atoms with Crippen LogP contribution in [0.25, 0.3) is 0 Å². The monoisotopic (exact) mass is 227 g/mol. The summed E-state index contributed by atoms with van der Waals surface area (Å²) in [5, 5.41) is 11.0. The van der Waals surface area contributed by atoms with E-state index in [0.29, 0.717) is 11.4 Å². The maximum Gasteiger partial charge on any atom is 0.0708 e. The molecule has 1 aromatic rings. The third-order valence-electron chi connectivity index (χ3n) is 3.01. The largest absolute Gasteiger partial charge is 0.389 e. The molecule has 3 heteroatoms. The average Bonchev–Trinajstić information content (AvgIpc) is 2.06. The van der Waals surface area contributed by atoms with Crippen LogP contribution in [0.5, 0.6) is 0 Å². The fourth-order valence-electron chi connectivity index (χ4n) is 1.18. The Bertz CT molecular complexity index is 342. The minimum atomic E-state index is -0.780. The second kappa shape index (κ2) is 4.11. The standard InChI is InChI=1S/C12H18ClNO/c1-11(2,3)12(4,15)7-9-5-6-14-8-10(9)13/h5-6,8,15H,7H2,1-4H3. The molecule has 15 heavy (non-hydrogen) atoms. The molecular formula is C12H18ClNO. The van der Waals surface area contributed by atoms with Crippen LogP contribution in [0.3, 0.4) is 0 Å². The van der Waals surface area contributed by atoms with Crippen molar-refractivity contribution in [3.63, 3.8) is 0 Å². The molecule has 1 atom stereocenters. The van der Waals surface area contributed by atoms with Crippen LogP contribution in [0.4, 0.5) is 0 Å². The molecule has 0 aliphatic rings. The Hall–Kier alpha value is -0.600. The number of aromatic nitrogens is 1. The van der Waals surface area contributed by atoms with E-state index in [1.165, 1.54) is 0 Å². The zero-order valence-electron chi connectivity index (χ0n) is 9.71. The highest BCUT2D eigenvalue weighted by molar-refractivity contribution is 6.31. The molecule has 0 radical (unpaired) electrons. The topological polar surface area (TPSA) is 33.1 Å². The van der Waals surface area contributed by atoms with Crippen LogP contribution in [0.2, 0.25) is 5.02 Å². The number of hydrogen-bond acceptors (Lipinski definition) is 2. The molecule has 0 saturated carbocycles. The van der Waals surface area contributed by atoms with Gasteiger partial charge in [-0.1, -0.05) is 32.4 Å². The molecule has 1 aromatic heterocycles. The molecule has 2 nitrogen and oxygen atoms in total. The Morgan fingerprint density at radius 2 is 1.93 bits per heavy atom. The van der Waals surface area contributed by atoms with Gasteiger partial charge in [0.2, 0.25) is 0 Å². The van der Waals surface area contributed by atoms with Gasteiger partial charge in [-0.15, -0.1) is 0 Å². The molecule has 1 N–H and O–H groups in total. The lowest BCUT2D eigenvalue weighted by Gasteiger charge is -2.37. The predicted octanol–water partition coefficient (Wildman–Crippen LogP) is 3.07. The molecule has 0 fully saturated rings. The van der Waals surface area contributed by atoms with Crippen molar-refractivity contribution in [1.82, 2.24) is 4.98 Å². The summed E-state index contributed by atoms with van der Waals surface area (Å²) in [6.45, 7) is 7.88. The van der Waals surface area contributed by atoms with Gasteiger partial charge in [-0.2, -0.15) is 0 Å². The van der Waals surface area contributed by atoms with E-state index in [-0.39, 0.29) is 5.41 Å². The van der Waals surface area contributed by atoms with Gasteiger partial charge in [0.05, 0.1) is 10.6 Å². The third-order valence-corrected chi connectivity index (χ3v) is 3.35. The first-order valence-electron chi connectivity index (χ1n) is 5.05. The van der Waals surface area contributed by atoms with Gasteiger partial charge in [0.25, 0.3) is 0 Å². The Morgan fingerprint density at radius 1 is 1.33 bits per heavy atom. The minimum Gasteiger partial charge on any atom is -0.389 e. The lowest BCUT2D eigenvalue weighted by molar-refractivity contribution is -0.0405. The fourth-order valence-corrected chi connectivity index (χ4v) is 1.37. The molecular weight excluding hydrogens is 210 g/mol. The van der Waals surface area contributed by atoms with Crippen molar-refractivity contribution in [2.24, 2.45) is 5.41 Å². The zero-order chi connectivity index (χ0) is 11.7. The summed E-state index contributed by atoms with van der Waals surface area (Å²) in [5.41, 5.74) is -0.0241. The zero-order valence-corrected chi connectivity index (χ0v) is 10.5. The van der Waals surface area contributed by atoms with Gasteiger partial charge in [-0.05, 0) is 24.0 Å². The number of nitrogens with zero attached hydrogens (tertiary/aromatic N) is 1. The van der Waals surface area contributed by atoms with E-state index in [1.54, 1.807) is 12.4 Å². The van der Waals surface area contributed by atoms with E-state index >= 15 is 0 Å². The SMILES string of the molecule is CC(C)(C)C(C)(O)Cc1ccncc1Cl. The number of rotatable bonds is 2. The van der Waals surface area contributed by atoms with Crippen molar-refractivity contribution in [2.45, 2.75) is 39.7 Å². The maximum absolute atomic E-state index is 10.3. The summed E-state index contributed by atoms with van der Waals surface area (Å²) >= 11 is 6.01. The minimum absolute atomic E-state index is 0.181. The molecule has 0 aliphatic heterocycles. The second-order valence-corrected chi connectivity index (χ2v) is 5.57. The highest BCUT2D eigenvalue weighted by atomic mass is 35.5. The summed E-state index contributed by atoms with van der Waals surface area (Å²) in [6, 6.07) is 1.85. The van der Waals surface area contributed by atoms with Gasteiger partial charge in [0.1, 0.15) is 0 Å². The van der Waals surface area contributed by atoms with Crippen molar-refractivity contribution in [2.75, 3.05) is 0 Å². The Morgan fingerprint density at radius 3 is 2.40 bits per heavy atom. The highest BCUT2D eigenvalue weighted by Crippen LogP contribution is 2.34. The van der Waals surface area contributed by atoms with Crippen LogP contribution in [0.1, 0.15) is 33.3 Å². The molecule has 0 spiro atoms. The molecule has 1 heterocycles. The summed E-state index contributed by atoms with van der Waals surface area (Å²) in [5.74, 6) is 0. The quantitative estimate of drug-likeness (QED) is 0.843. The predicted molar refractivity (Wildman–Crippen MR) is 63.0 cm³/mol. The Labute approximate surface area is 96.3 Å². The third kappa shape index (κ3) is 2.93. The number of pyridine rings is 1. The van der Waals surface area contributed by atoms with Crippen LogP contribution in [0, 0.1) is 5.41 Å². The normalized spacial score (nSPS) is 16.1. The first kappa shape index (κ1) is 12.5. The van der Waals surface area contributed by atoms with Crippen LogP contribution in [0.15, 0.2) is 18.5 Å². The molecule has 0 bridgehead atoms. The van der Waals surface area contributed by atoms with Gasteiger partial charge in [0.15, 0.2) is 0 Å². The lowest BCUT2D eigenvalue weighted by Crippen LogP contribution is -2.41. The van der Waals surface area contributed by atoms with Crippen molar-refractivity contribution in [3.05, 3.63) is 29.0 Å². The highest BCUT2D eigenvalue weighted by Gasteiger charge is 2.35. The van der Waals surface area contributed by atoms with Crippen molar-refractivity contribution < 1.29 is 5.11 Å². The second-order valence-electron chi connectivity index (χ2n) is 5.17. The van der Waals surface area contributed by atoms with Gasteiger partial charge in [-0.3, -0.25) is 4.98 Å². The van der Waals surface area contributed by atoms with E-state index in [4.69, 9.17) is 11.6 Å². The Kier molecular flexibility index (Phi) is 3.41. The van der Waals surface area contributed by atoms with Crippen molar-refractivity contribution in [3.8, 4) is 0 Å². The van der Waals surface area contributed by atoms with E-state index in [1.807, 2.05) is 33.8 Å². The average molecular weight is 228 g/mol. The summed E-state index contributed by atoms with van der Waals surface area (Å²) in [7, 11) is 0. The van der Waals surface area contributed by atoms with E-state index in [2.05, 4.69) is 4.98 Å². The summed E-state index contributed by atoms with van der Waals surface area (Å²) in [6.07, 6.45) is 3.84. The molecule has 1 unspecified atom stereocenters. The number of hydrogen-bond donors (Lipinski definition) is 1.